The molecular formula is C8H16N6O. The third-order valence-corrected chi connectivity index (χ3v) is 1.66. The maximum atomic E-state index is 5.46. The zero-order chi connectivity index (χ0) is 11.3. The third kappa shape index (κ3) is 3.96. The highest BCUT2D eigenvalue weighted by molar-refractivity contribution is 5.41. The molecule has 1 heterocycles. The highest BCUT2D eigenvalue weighted by Crippen LogP contribution is 2.13. The zero-order valence-electron chi connectivity index (χ0n) is 8.90. The number of anilines is 2. The molecule has 0 saturated carbocycles. The molecule has 0 aliphatic rings. The smallest absolute Gasteiger partial charge is 0.225 e. The van der Waals surface area contributed by atoms with Gasteiger partial charge in [0.15, 0.2) is 0 Å². The Balaban J connectivity index is 2.56. The molecule has 5 N–H and O–H groups in total. The van der Waals surface area contributed by atoms with E-state index in [1.807, 2.05) is 19.0 Å². The molecule has 0 unspecified atom stereocenters. The second-order valence-electron chi connectivity index (χ2n) is 3.25. The molecule has 0 fully saturated rings. The van der Waals surface area contributed by atoms with E-state index in [9.17, 15) is 0 Å². The van der Waals surface area contributed by atoms with Crippen molar-refractivity contribution in [2.24, 2.45) is 5.84 Å². The van der Waals surface area contributed by atoms with Gasteiger partial charge in [0.05, 0.1) is 0 Å². The summed E-state index contributed by atoms with van der Waals surface area (Å²) in [5.74, 6) is 6.18. The minimum absolute atomic E-state index is 0.130. The topological polar surface area (TPSA) is 102 Å². The minimum Gasteiger partial charge on any atom is -0.476 e. The number of ether oxygens (including phenoxy) is 1. The van der Waals surface area contributed by atoms with E-state index in [4.69, 9.17) is 16.3 Å². The van der Waals surface area contributed by atoms with Gasteiger partial charge in [-0.05, 0) is 14.1 Å². The lowest BCUT2D eigenvalue weighted by atomic mass is 10.5. The summed E-state index contributed by atoms with van der Waals surface area (Å²) in [6.07, 6.45) is 0. The summed E-state index contributed by atoms with van der Waals surface area (Å²) in [5, 5.41) is 0. The molecule has 0 bridgehead atoms. The summed E-state index contributed by atoms with van der Waals surface area (Å²) in [6, 6.07) is 1.59. The van der Waals surface area contributed by atoms with Crippen molar-refractivity contribution in [2.45, 2.75) is 0 Å². The number of nitrogens with zero attached hydrogens (tertiary/aromatic N) is 3. The SMILES string of the molecule is CN(C)CCOc1cc(NN)nc(N)n1. The first-order valence-corrected chi connectivity index (χ1v) is 4.50. The van der Waals surface area contributed by atoms with Crippen LogP contribution in [0.15, 0.2) is 6.07 Å². The zero-order valence-corrected chi connectivity index (χ0v) is 8.90. The normalized spacial score (nSPS) is 10.4. The maximum absolute atomic E-state index is 5.46. The van der Waals surface area contributed by atoms with E-state index in [-0.39, 0.29) is 5.95 Å². The molecule has 1 aromatic heterocycles. The summed E-state index contributed by atoms with van der Waals surface area (Å²) >= 11 is 0. The average Bonchev–Trinajstić information content (AvgIpc) is 2.16. The van der Waals surface area contributed by atoms with E-state index < -0.39 is 0 Å². The second-order valence-corrected chi connectivity index (χ2v) is 3.25. The van der Waals surface area contributed by atoms with Crippen LogP contribution in [0.25, 0.3) is 0 Å². The number of hydrazine groups is 1. The first kappa shape index (κ1) is 11.5. The molecule has 15 heavy (non-hydrogen) atoms. The van der Waals surface area contributed by atoms with Crippen molar-refractivity contribution in [3.8, 4) is 5.88 Å². The van der Waals surface area contributed by atoms with Crippen LogP contribution in [-0.4, -0.2) is 42.1 Å². The molecule has 0 aliphatic carbocycles. The summed E-state index contributed by atoms with van der Waals surface area (Å²) in [4.78, 5) is 9.75. The Kier molecular flexibility index (Phi) is 4.07. The van der Waals surface area contributed by atoms with E-state index in [1.54, 1.807) is 6.07 Å². The molecule has 0 aliphatic heterocycles. The first-order chi connectivity index (χ1) is 7.11. The number of hydrogen-bond donors (Lipinski definition) is 3. The molecule has 0 atom stereocenters. The van der Waals surface area contributed by atoms with Gasteiger partial charge in [0.2, 0.25) is 11.8 Å². The van der Waals surface area contributed by atoms with Crippen LogP contribution in [0.1, 0.15) is 0 Å². The minimum atomic E-state index is 0.130. The fraction of sp³-hybridized carbons (Fsp3) is 0.500. The Morgan fingerprint density at radius 3 is 2.80 bits per heavy atom. The lowest BCUT2D eigenvalue weighted by molar-refractivity contribution is 0.254. The molecule has 0 amide bonds. The van der Waals surface area contributed by atoms with E-state index in [1.165, 1.54) is 0 Å². The molecule has 0 spiro atoms. The van der Waals surface area contributed by atoms with E-state index >= 15 is 0 Å². The number of hydrogen-bond acceptors (Lipinski definition) is 7. The Bertz CT molecular complexity index is 316. The predicted molar refractivity (Wildman–Crippen MR) is 58.3 cm³/mol. The van der Waals surface area contributed by atoms with Crippen molar-refractivity contribution in [1.29, 1.82) is 0 Å². The maximum Gasteiger partial charge on any atom is 0.225 e. The number of nitrogens with one attached hydrogen (secondary N) is 1. The van der Waals surface area contributed by atoms with Gasteiger partial charge in [-0.3, -0.25) is 0 Å². The summed E-state index contributed by atoms with van der Waals surface area (Å²) in [7, 11) is 3.93. The fourth-order valence-electron chi connectivity index (χ4n) is 0.923. The third-order valence-electron chi connectivity index (χ3n) is 1.66. The van der Waals surface area contributed by atoms with Crippen LogP contribution in [0.3, 0.4) is 0 Å². The Morgan fingerprint density at radius 1 is 1.47 bits per heavy atom. The molecular weight excluding hydrogens is 196 g/mol. The van der Waals surface area contributed by atoms with Crippen molar-refractivity contribution in [1.82, 2.24) is 14.9 Å². The van der Waals surface area contributed by atoms with Crippen LogP contribution in [0.2, 0.25) is 0 Å². The first-order valence-electron chi connectivity index (χ1n) is 4.50. The molecule has 0 radical (unpaired) electrons. The molecule has 7 nitrogen and oxygen atoms in total. The Labute approximate surface area is 88.4 Å². The lowest BCUT2D eigenvalue weighted by Gasteiger charge is -2.11. The van der Waals surface area contributed by atoms with Gasteiger partial charge in [0.1, 0.15) is 12.4 Å². The Morgan fingerprint density at radius 2 is 2.20 bits per heavy atom. The molecule has 0 aromatic carbocycles. The van der Waals surface area contributed by atoms with Crippen molar-refractivity contribution in [3.05, 3.63) is 6.07 Å². The highest BCUT2D eigenvalue weighted by Gasteiger charge is 2.02. The summed E-state index contributed by atoms with van der Waals surface area (Å²) in [6.45, 7) is 1.34. The molecule has 1 aromatic rings. The van der Waals surface area contributed by atoms with Crippen LogP contribution < -0.4 is 21.7 Å². The van der Waals surface area contributed by atoms with Gasteiger partial charge in [-0.15, -0.1) is 0 Å². The number of likely N-dealkylation sites (N-methyl/N-ethyl adjacent to an activating group) is 1. The quantitative estimate of drug-likeness (QED) is 0.437. The largest absolute Gasteiger partial charge is 0.476 e. The van der Waals surface area contributed by atoms with Crippen molar-refractivity contribution >= 4 is 11.8 Å². The summed E-state index contributed by atoms with van der Waals surface area (Å²) in [5.41, 5.74) is 7.84. The van der Waals surface area contributed by atoms with Crippen LogP contribution in [0, 0.1) is 0 Å². The molecule has 1 rings (SSSR count). The van der Waals surface area contributed by atoms with Crippen LogP contribution in [0.5, 0.6) is 5.88 Å². The van der Waals surface area contributed by atoms with Gasteiger partial charge in [0, 0.05) is 12.6 Å². The molecule has 84 valence electrons. The number of nitrogens with two attached hydrogens (primary N) is 2. The van der Waals surface area contributed by atoms with Gasteiger partial charge in [-0.1, -0.05) is 0 Å². The van der Waals surface area contributed by atoms with Gasteiger partial charge in [0.25, 0.3) is 0 Å². The fourth-order valence-corrected chi connectivity index (χ4v) is 0.923. The summed E-state index contributed by atoms with van der Waals surface area (Å²) < 4.78 is 5.37. The molecule has 7 heteroatoms. The average molecular weight is 212 g/mol. The lowest BCUT2D eigenvalue weighted by Crippen LogP contribution is -2.20. The second kappa shape index (κ2) is 5.32. The highest BCUT2D eigenvalue weighted by atomic mass is 16.5. The van der Waals surface area contributed by atoms with Gasteiger partial charge in [-0.2, -0.15) is 9.97 Å². The van der Waals surface area contributed by atoms with Crippen LogP contribution in [-0.2, 0) is 0 Å². The monoisotopic (exact) mass is 212 g/mol. The van der Waals surface area contributed by atoms with Gasteiger partial charge in [-0.25, -0.2) is 5.84 Å². The van der Waals surface area contributed by atoms with E-state index in [2.05, 4.69) is 15.4 Å². The standard InChI is InChI=1S/C8H16N6O/c1-14(2)3-4-15-7-5-6(13-10)11-8(9)12-7/h5H,3-4,10H2,1-2H3,(H3,9,11,12,13). The number of nitrogen functional groups attached to an aromatic ring is 2. The van der Waals surface area contributed by atoms with Crippen molar-refractivity contribution < 1.29 is 4.74 Å². The number of aromatic nitrogens is 2. The van der Waals surface area contributed by atoms with Gasteiger partial charge < -0.3 is 20.8 Å². The predicted octanol–water partition coefficient (Wildman–Crippen LogP) is -0.715. The number of rotatable bonds is 5. The van der Waals surface area contributed by atoms with Crippen LogP contribution >= 0.6 is 0 Å². The van der Waals surface area contributed by atoms with Gasteiger partial charge >= 0.3 is 0 Å². The van der Waals surface area contributed by atoms with Crippen LogP contribution in [0.4, 0.5) is 11.8 Å². The van der Waals surface area contributed by atoms with E-state index in [0.29, 0.717) is 18.3 Å². The Hall–Kier alpha value is -1.60. The van der Waals surface area contributed by atoms with Crippen molar-refractivity contribution in [3.63, 3.8) is 0 Å². The van der Waals surface area contributed by atoms with E-state index in [0.717, 1.165) is 6.54 Å². The van der Waals surface area contributed by atoms with Crippen molar-refractivity contribution in [2.75, 3.05) is 38.4 Å². The molecule has 0 saturated heterocycles.